The summed E-state index contributed by atoms with van der Waals surface area (Å²) >= 11 is 0. The van der Waals surface area contributed by atoms with Gasteiger partial charge in [-0.3, -0.25) is 14.7 Å². The van der Waals surface area contributed by atoms with E-state index in [0.717, 1.165) is 22.5 Å². The van der Waals surface area contributed by atoms with Gasteiger partial charge in [-0.2, -0.15) is 0 Å². The van der Waals surface area contributed by atoms with E-state index in [4.69, 9.17) is 9.40 Å². The summed E-state index contributed by atoms with van der Waals surface area (Å²) in [5.41, 5.74) is 4.39. The third-order valence-electron chi connectivity index (χ3n) is 5.83. The molecule has 0 radical (unpaired) electrons. The fraction of sp³-hybridized carbons (Fsp3) is 0.276. The number of amides is 3. The van der Waals surface area contributed by atoms with Crippen molar-refractivity contribution >= 4 is 17.9 Å². The maximum Gasteiger partial charge on any atom is 0.318 e. The molecule has 0 aliphatic heterocycles. The van der Waals surface area contributed by atoms with E-state index in [-0.39, 0.29) is 25.0 Å². The van der Waals surface area contributed by atoms with Crippen LogP contribution in [0.15, 0.2) is 77.5 Å². The summed E-state index contributed by atoms with van der Waals surface area (Å²) in [6, 6.07) is 19.0. The van der Waals surface area contributed by atoms with Gasteiger partial charge < -0.3 is 14.6 Å². The Morgan fingerprint density at radius 1 is 1.00 bits per heavy atom. The lowest BCUT2D eigenvalue weighted by atomic mass is 10.1. The Morgan fingerprint density at radius 3 is 2.41 bits per heavy atom. The Morgan fingerprint density at radius 2 is 1.76 bits per heavy atom. The number of hydrogen-bond donors (Lipinski definition) is 2. The smallest absolute Gasteiger partial charge is 0.318 e. The third kappa shape index (κ3) is 6.67. The topological polar surface area (TPSA) is 92.4 Å². The molecule has 4 rings (SSSR count). The zero-order valence-corrected chi connectivity index (χ0v) is 21.9. The predicted octanol–water partition coefficient (Wildman–Crippen LogP) is 5.70. The summed E-state index contributed by atoms with van der Waals surface area (Å²) in [4.78, 5) is 32.4. The van der Waals surface area contributed by atoms with Crippen molar-refractivity contribution in [1.82, 2.24) is 19.8 Å². The van der Waals surface area contributed by atoms with Crippen LogP contribution in [-0.2, 0) is 11.3 Å². The maximum atomic E-state index is 13.3. The molecule has 0 atom stereocenters. The number of imidazole rings is 1. The first-order chi connectivity index (χ1) is 17.6. The zero-order valence-electron chi connectivity index (χ0n) is 21.9. The first-order valence-corrected chi connectivity index (χ1v) is 12.2. The highest BCUT2D eigenvalue weighted by Gasteiger charge is 2.24. The molecule has 3 amide bonds. The van der Waals surface area contributed by atoms with Crippen molar-refractivity contribution in [1.29, 1.82) is 0 Å². The highest BCUT2D eigenvalue weighted by atomic mass is 16.3. The maximum absolute atomic E-state index is 13.3. The van der Waals surface area contributed by atoms with Crippen LogP contribution in [0, 0.1) is 13.8 Å². The average molecular weight is 500 g/mol. The number of carbonyl (C=O) groups excluding carboxylic acids is 2. The quantitative estimate of drug-likeness (QED) is 0.341. The van der Waals surface area contributed by atoms with E-state index < -0.39 is 5.54 Å². The largest absolute Gasteiger partial charge is 0.467 e. The Hall–Kier alpha value is -4.33. The van der Waals surface area contributed by atoms with Crippen LogP contribution in [0.25, 0.3) is 16.9 Å². The molecule has 0 spiro atoms. The number of urea groups is 1. The molecule has 0 unspecified atom stereocenters. The van der Waals surface area contributed by atoms with E-state index in [1.54, 1.807) is 18.4 Å². The third-order valence-corrected chi connectivity index (χ3v) is 5.83. The Bertz CT molecular complexity index is 1370. The van der Waals surface area contributed by atoms with Gasteiger partial charge in [-0.05, 0) is 70.0 Å². The molecule has 0 aliphatic carbocycles. The highest BCUT2D eigenvalue weighted by Crippen LogP contribution is 2.25. The molecule has 37 heavy (non-hydrogen) atoms. The molecule has 4 aromatic rings. The van der Waals surface area contributed by atoms with Crippen molar-refractivity contribution in [3.05, 3.63) is 90.0 Å². The van der Waals surface area contributed by atoms with Crippen molar-refractivity contribution in [3.8, 4) is 16.9 Å². The van der Waals surface area contributed by atoms with Crippen molar-refractivity contribution in [2.75, 3.05) is 11.9 Å². The molecule has 192 valence electrons. The number of hydrogen-bond acceptors (Lipinski definition) is 4. The van der Waals surface area contributed by atoms with E-state index in [1.807, 2.05) is 80.9 Å². The lowest BCUT2D eigenvalue weighted by Gasteiger charge is -2.27. The van der Waals surface area contributed by atoms with Crippen LogP contribution in [0.1, 0.15) is 37.7 Å². The number of anilines is 1. The van der Waals surface area contributed by atoms with Crippen molar-refractivity contribution in [2.45, 2.75) is 46.7 Å². The van der Waals surface area contributed by atoms with Crippen molar-refractivity contribution < 1.29 is 14.0 Å². The second-order valence-electron chi connectivity index (χ2n) is 10.1. The van der Waals surface area contributed by atoms with Gasteiger partial charge in [0.25, 0.3) is 0 Å². The first kappa shape index (κ1) is 25.8. The predicted molar refractivity (Wildman–Crippen MR) is 145 cm³/mol. The van der Waals surface area contributed by atoms with Gasteiger partial charge in [-0.25, -0.2) is 9.78 Å². The molecule has 0 bridgehead atoms. The first-order valence-electron chi connectivity index (χ1n) is 12.2. The van der Waals surface area contributed by atoms with Crippen LogP contribution in [0.3, 0.4) is 0 Å². The molecule has 0 fully saturated rings. The van der Waals surface area contributed by atoms with E-state index in [1.165, 1.54) is 10.5 Å². The van der Waals surface area contributed by atoms with Crippen LogP contribution >= 0.6 is 0 Å². The van der Waals surface area contributed by atoms with E-state index in [2.05, 4.69) is 23.6 Å². The highest BCUT2D eigenvalue weighted by molar-refractivity contribution is 5.93. The fourth-order valence-corrected chi connectivity index (χ4v) is 3.82. The Balaban J connectivity index is 1.62. The molecule has 8 heteroatoms. The molecule has 0 aliphatic rings. The van der Waals surface area contributed by atoms with Crippen LogP contribution in [0.5, 0.6) is 0 Å². The number of rotatable bonds is 7. The minimum Gasteiger partial charge on any atom is -0.467 e. The normalized spacial score (nSPS) is 11.3. The summed E-state index contributed by atoms with van der Waals surface area (Å²) in [5.74, 6) is 0.590. The van der Waals surface area contributed by atoms with Gasteiger partial charge in [0.1, 0.15) is 12.3 Å². The van der Waals surface area contributed by atoms with Gasteiger partial charge in [0.2, 0.25) is 11.9 Å². The lowest BCUT2D eigenvalue weighted by molar-refractivity contribution is -0.117. The molecule has 0 saturated carbocycles. The summed E-state index contributed by atoms with van der Waals surface area (Å²) in [5, 5.41) is 5.84. The SMILES string of the molecule is Cc1ccc(-n2cc(-c3ccccc3)nc2NC(=O)CN(Cc2ccco2)C(=O)NC(C)(C)C)cc1C. The standard InChI is InChI=1S/C29H33N5O3/c1-20-13-14-23(16-21(20)2)34-18-25(22-10-7-6-8-11-22)30-27(34)31-26(35)19-33(17-24-12-9-15-37-24)28(36)32-29(3,4)5/h6-16,18H,17,19H2,1-5H3,(H,32,36)(H,30,31,35). The van der Waals surface area contributed by atoms with E-state index >= 15 is 0 Å². The van der Waals surface area contributed by atoms with Crippen LogP contribution < -0.4 is 10.6 Å². The monoisotopic (exact) mass is 499 g/mol. The molecular weight excluding hydrogens is 466 g/mol. The van der Waals surface area contributed by atoms with Crippen LogP contribution in [-0.4, -0.2) is 38.5 Å². The number of benzene rings is 2. The molecule has 2 heterocycles. The zero-order chi connectivity index (χ0) is 26.6. The summed E-state index contributed by atoms with van der Waals surface area (Å²) < 4.78 is 7.28. The number of aryl methyl sites for hydroxylation is 2. The molecule has 2 N–H and O–H groups in total. The number of nitrogens with one attached hydrogen (secondary N) is 2. The molecule has 2 aromatic carbocycles. The number of carbonyl (C=O) groups is 2. The van der Waals surface area contributed by atoms with Gasteiger partial charge in [-0.15, -0.1) is 0 Å². The number of nitrogens with zero attached hydrogens (tertiary/aromatic N) is 3. The minimum atomic E-state index is -0.459. The van der Waals surface area contributed by atoms with Gasteiger partial charge in [0, 0.05) is 23.0 Å². The molecule has 0 saturated heterocycles. The lowest BCUT2D eigenvalue weighted by Crippen LogP contribution is -2.50. The summed E-state index contributed by atoms with van der Waals surface area (Å²) in [7, 11) is 0. The Labute approximate surface area is 217 Å². The van der Waals surface area contributed by atoms with E-state index in [0.29, 0.717) is 11.7 Å². The minimum absolute atomic E-state index is 0.156. The summed E-state index contributed by atoms with van der Waals surface area (Å²) in [6.45, 7) is 9.75. The molecule has 8 nitrogen and oxygen atoms in total. The van der Waals surface area contributed by atoms with Crippen LogP contribution in [0.4, 0.5) is 10.7 Å². The summed E-state index contributed by atoms with van der Waals surface area (Å²) in [6.07, 6.45) is 3.45. The van der Waals surface area contributed by atoms with Gasteiger partial charge in [0.05, 0.1) is 18.5 Å². The fourth-order valence-electron chi connectivity index (χ4n) is 3.82. The number of aromatic nitrogens is 2. The Kier molecular flexibility index (Phi) is 7.47. The van der Waals surface area contributed by atoms with Crippen molar-refractivity contribution in [3.63, 3.8) is 0 Å². The average Bonchev–Trinajstić information content (AvgIpc) is 3.50. The van der Waals surface area contributed by atoms with Crippen molar-refractivity contribution in [2.24, 2.45) is 0 Å². The molecular formula is C29H33N5O3. The number of furan rings is 1. The van der Waals surface area contributed by atoms with Gasteiger partial charge in [-0.1, -0.05) is 36.4 Å². The van der Waals surface area contributed by atoms with Gasteiger partial charge >= 0.3 is 6.03 Å². The van der Waals surface area contributed by atoms with Gasteiger partial charge in [0.15, 0.2) is 0 Å². The molecule has 2 aromatic heterocycles. The second kappa shape index (κ2) is 10.7. The van der Waals surface area contributed by atoms with E-state index in [9.17, 15) is 9.59 Å². The second-order valence-corrected chi connectivity index (χ2v) is 10.1. The van der Waals surface area contributed by atoms with Crippen LogP contribution in [0.2, 0.25) is 0 Å².